The number of primary amides is 2. The molecule has 30 nitrogen and oxygen atoms in total. The quantitative estimate of drug-likeness (QED) is 0.0111. The van der Waals surface area contributed by atoms with Crippen molar-refractivity contribution in [2.24, 2.45) is 17.4 Å². The minimum absolute atomic E-state index is 0.00239. The number of fused-ring (bicyclic) bond motifs is 1. The molecule has 87 heavy (non-hydrogen) atoms. The highest BCUT2D eigenvalue weighted by atomic mass is 16.3. The van der Waals surface area contributed by atoms with Crippen molar-refractivity contribution < 1.29 is 68.1 Å². The van der Waals surface area contributed by atoms with Gasteiger partial charge in [-0.15, -0.1) is 0 Å². The van der Waals surface area contributed by atoms with E-state index in [0.29, 0.717) is 11.1 Å². The maximum Gasteiger partial charge on any atom is 0.334 e. The molecule has 0 aliphatic carbocycles. The van der Waals surface area contributed by atoms with Crippen LogP contribution in [0.3, 0.4) is 0 Å². The highest BCUT2D eigenvalue weighted by molar-refractivity contribution is 5.99. The fourth-order valence-electron chi connectivity index (χ4n) is 9.55. The van der Waals surface area contributed by atoms with Crippen LogP contribution in [0.5, 0.6) is 5.75 Å². The molecule has 470 valence electrons. The molecule has 1 aliphatic rings. The number of carbonyl (C=O) groups is 11. The SMILES string of the molecule is CNC(=N)NCCC[C@H](NC(=O)[C@H](CC(C)C)NC(=O)NNC(=O)[C@H](Cc1ccccc1)NC(=O)[C@@H](NC(=O)[C@H](CC(N)=O)NC(=O)[C@@H]1C[C@@H](O)CN1C(=O)C(NC(C)=O)c1ccc(O)cc1)[C@@H](C)O)C(=O)N[C@@H](Cc1c[nH]c2ccccc12)C(N)=O. The van der Waals surface area contributed by atoms with Crippen LogP contribution in [0.1, 0.15) is 82.5 Å². The number of amides is 12. The zero-order chi connectivity index (χ0) is 64.1. The maximum absolute atomic E-state index is 14.1. The summed E-state index contributed by atoms with van der Waals surface area (Å²) in [5, 5.41) is 62.8. The Bertz CT molecular complexity index is 3110. The van der Waals surface area contributed by atoms with Crippen molar-refractivity contribution in [3.8, 4) is 5.75 Å². The summed E-state index contributed by atoms with van der Waals surface area (Å²) in [6.07, 6.45) is -2.48. The standard InChI is InChI=1S/C57H78N16O14/c1-29(2)22-41(50(81)65-39(16-11-21-62-56(60)61-5)49(80)66-40(48(59)79)24-34-27-63-38-15-10-9-14-37(34)38)69-57(87)72-71-52(83)42(23-32-12-7-6-8-13-32)68-54(85)46(30(3)74)70-51(82)43(26-45(58)78)67-53(84)44-25-36(77)28-73(44)55(86)47(64-31(4)75)33-17-19-35(76)20-18-33/h6-10,12-15,17-20,27,29-30,36,39-44,46-47,63,74,76-77H,11,16,21-26,28H2,1-5H3,(H2,58,78)(H2,59,79)(H,64,75)(H,65,81)(H,66,80)(H,67,84)(H,68,85)(H,70,82)(H,71,83)(H3,60,61,62)(H2,69,72,87)/t30-,36-,39+,40+,41+,42+,43+,44+,46+,47?/m1/s1. The summed E-state index contributed by atoms with van der Waals surface area (Å²) in [6, 6.07) is 7.67. The number of likely N-dealkylation sites (tertiary alicyclic amines) is 1. The molecule has 5 rings (SSSR count). The highest BCUT2D eigenvalue weighted by Crippen LogP contribution is 2.26. The first-order valence-corrected chi connectivity index (χ1v) is 28.0. The number of nitrogens with one attached hydrogen (secondary N) is 13. The van der Waals surface area contributed by atoms with Crippen molar-refractivity contribution in [3.63, 3.8) is 0 Å². The van der Waals surface area contributed by atoms with Crippen LogP contribution >= 0.6 is 0 Å². The Morgan fingerprint density at radius 3 is 1.98 bits per heavy atom. The third-order valence-corrected chi connectivity index (χ3v) is 13.9. The van der Waals surface area contributed by atoms with E-state index in [1.165, 1.54) is 31.3 Å². The molecule has 4 aromatic rings. The van der Waals surface area contributed by atoms with Gasteiger partial charge in [0.1, 0.15) is 54.1 Å². The van der Waals surface area contributed by atoms with Crippen LogP contribution in [-0.2, 0) is 60.8 Å². The Hall–Kier alpha value is -9.84. The van der Waals surface area contributed by atoms with Crippen LogP contribution in [0.25, 0.3) is 10.9 Å². The van der Waals surface area contributed by atoms with Gasteiger partial charge in [-0.2, -0.15) is 0 Å². The van der Waals surface area contributed by atoms with Crippen molar-refractivity contribution in [2.75, 3.05) is 20.1 Å². The Balaban J connectivity index is 1.28. The first-order chi connectivity index (χ1) is 41.2. The lowest BCUT2D eigenvalue weighted by Crippen LogP contribution is -2.62. The largest absolute Gasteiger partial charge is 0.508 e. The number of guanidine groups is 1. The minimum atomic E-state index is -1.90. The van der Waals surface area contributed by atoms with Crippen molar-refractivity contribution in [1.82, 2.24) is 68.6 Å². The van der Waals surface area contributed by atoms with Gasteiger partial charge in [0.05, 0.1) is 18.6 Å². The molecule has 30 heteroatoms. The zero-order valence-corrected chi connectivity index (χ0v) is 48.7. The number of aromatic hydroxyl groups is 1. The second kappa shape index (κ2) is 32.4. The first-order valence-electron chi connectivity index (χ1n) is 28.0. The van der Waals surface area contributed by atoms with Crippen molar-refractivity contribution in [1.29, 1.82) is 5.41 Å². The van der Waals surface area contributed by atoms with Crippen LogP contribution in [0.4, 0.5) is 4.79 Å². The number of aromatic amines is 1. The number of aromatic nitrogens is 1. The van der Waals surface area contributed by atoms with E-state index in [0.717, 1.165) is 29.7 Å². The number of phenolic OH excluding ortho intramolecular Hbond substituents is 1. The number of rotatable bonds is 29. The minimum Gasteiger partial charge on any atom is -0.508 e. The number of hydrogen-bond acceptors (Lipinski definition) is 15. The lowest BCUT2D eigenvalue weighted by molar-refractivity contribution is -0.142. The number of hydrazine groups is 1. The molecule has 2 heterocycles. The first kappa shape index (κ1) is 67.9. The van der Waals surface area contributed by atoms with Gasteiger partial charge in [0.15, 0.2) is 5.96 Å². The molecule has 1 fully saturated rings. The number of para-hydroxylation sites is 1. The third kappa shape index (κ3) is 20.7. The number of urea groups is 1. The van der Waals surface area contributed by atoms with E-state index >= 15 is 0 Å². The fraction of sp³-hybridized carbons (Fsp3) is 0.439. The van der Waals surface area contributed by atoms with E-state index in [2.05, 4.69) is 63.7 Å². The summed E-state index contributed by atoms with van der Waals surface area (Å²) in [7, 11) is 1.54. The topological polar surface area (TPSA) is 476 Å². The Morgan fingerprint density at radius 1 is 0.713 bits per heavy atom. The summed E-state index contributed by atoms with van der Waals surface area (Å²) in [5.74, 6) is -9.85. The Labute approximate surface area is 500 Å². The maximum atomic E-state index is 14.1. The van der Waals surface area contributed by atoms with Gasteiger partial charge in [-0.05, 0) is 67.0 Å². The molecule has 1 unspecified atom stereocenters. The van der Waals surface area contributed by atoms with E-state index in [1.807, 2.05) is 24.3 Å². The number of benzene rings is 3. The number of nitrogens with zero attached hydrogens (tertiary/aromatic N) is 1. The summed E-state index contributed by atoms with van der Waals surface area (Å²) in [4.78, 5) is 153. The van der Waals surface area contributed by atoms with Crippen LogP contribution in [-0.4, -0.2) is 171 Å². The predicted molar refractivity (Wildman–Crippen MR) is 314 cm³/mol. The molecule has 3 aromatic carbocycles. The number of H-pyrrole nitrogens is 1. The summed E-state index contributed by atoms with van der Waals surface area (Å²) < 4.78 is 0. The molecule has 1 aliphatic heterocycles. The number of β-amino-alcohol motifs (C(OH)–C–C–N with tert-alkyl or cyclic N) is 1. The van der Waals surface area contributed by atoms with E-state index in [4.69, 9.17) is 16.9 Å². The van der Waals surface area contributed by atoms with E-state index in [1.54, 1.807) is 50.4 Å². The molecule has 0 spiro atoms. The van der Waals surface area contributed by atoms with Gasteiger partial charge >= 0.3 is 6.03 Å². The lowest BCUT2D eigenvalue weighted by atomic mass is 10.0. The molecule has 10 atom stereocenters. The highest BCUT2D eigenvalue weighted by Gasteiger charge is 2.43. The normalized spacial score (nSPS) is 16.4. The van der Waals surface area contributed by atoms with E-state index < -0.39 is 132 Å². The summed E-state index contributed by atoms with van der Waals surface area (Å²) in [6.45, 7) is 5.60. The molecule has 0 bridgehead atoms. The van der Waals surface area contributed by atoms with Gasteiger partial charge in [-0.25, -0.2) is 10.2 Å². The fourth-order valence-corrected chi connectivity index (χ4v) is 9.55. The van der Waals surface area contributed by atoms with E-state index in [9.17, 15) is 68.1 Å². The van der Waals surface area contributed by atoms with Gasteiger partial charge in [-0.3, -0.25) is 58.8 Å². The second-order valence-corrected chi connectivity index (χ2v) is 21.4. The van der Waals surface area contributed by atoms with Crippen LogP contribution < -0.4 is 70.2 Å². The third-order valence-electron chi connectivity index (χ3n) is 13.9. The van der Waals surface area contributed by atoms with Gasteiger partial charge in [0, 0.05) is 63.4 Å². The number of aliphatic hydroxyl groups excluding tert-OH is 2. The van der Waals surface area contributed by atoms with Gasteiger partial charge in [-0.1, -0.05) is 74.5 Å². The van der Waals surface area contributed by atoms with Gasteiger partial charge in [0.25, 0.3) is 11.8 Å². The summed E-state index contributed by atoms with van der Waals surface area (Å²) >= 11 is 0. The Kier molecular flexibility index (Phi) is 25.3. The molecule has 12 amide bonds. The van der Waals surface area contributed by atoms with Gasteiger partial charge < -0.3 is 84.5 Å². The second-order valence-electron chi connectivity index (χ2n) is 21.4. The average molecular weight is 1210 g/mol. The lowest BCUT2D eigenvalue weighted by Gasteiger charge is -2.30. The number of nitrogens with two attached hydrogens (primary N) is 2. The zero-order valence-electron chi connectivity index (χ0n) is 48.7. The molecular formula is C57H78N16O14. The number of aliphatic hydroxyl groups is 2. The van der Waals surface area contributed by atoms with Gasteiger partial charge in [0.2, 0.25) is 47.3 Å². The molecule has 0 saturated carbocycles. The Morgan fingerprint density at radius 2 is 1.34 bits per heavy atom. The van der Waals surface area contributed by atoms with E-state index in [-0.39, 0.29) is 74.8 Å². The molecule has 0 radical (unpaired) electrons. The molecule has 20 N–H and O–H groups in total. The van der Waals surface area contributed by atoms with Crippen LogP contribution in [0.2, 0.25) is 0 Å². The number of hydrogen-bond donors (Lipinski definition) is 18. The average Bonchev–Trinajstić information content (AvgIpc) is 2.61. The van der Waals surface area contributed by atoms with Crippen molar-refractivity contribution in [3.05, 3.63) is 102 Å². The summed E-state index contributed by atoms with van der Waals surface area (Å²) in [5.41, 5.74) is 17.8. The molecule has 1 saturated heterocycles. The van der Waals surface area contributed by atoms with Crippen molar-refractivity contribution in [2.45, 2.75) is 133 Å². The predicted octanol–water partition coefficient (Wildman–Crippen LogP) is -3.07. The molecule has 1 aromatic heterocycles. The number of carbonyl (C=O) groups excluding carboxylic acids is 11. The van der Waals surface area contributed by atoms with Crippen molar-refractivity contribution >= 4 is 82.0 Å². The van der Waals surface area contributed by atoms with Crippen LogP contribution in [0, 0.1) is 11.3 Å². The van der Waals surface area contributed by atoms with Crippen LogP contribution in [0.15, 0.2) is 85.1 Å². The smallest absolute Gasteiger partial charge is 0.334 e. The monoisotopic (exact) mass is 1210 g/mol. The molecular weight excluding hydrogens is 1130 g/mol. The number of phenols is 1.